The predicted octanol–water partition coefficient (Wildman–Crippen LogP) is 1.49. The van der Waals surface area contributed by atoms with E-state index in [1.165, 1.54) is 0 Å². The van der Waals surface area contributed by atoms with Crippen LogP contribution in [-0.4, -0.2) is 62.6 Å². The number of aliphatic hydroxyl groups excluding tert-OH is 2. The summed E-state index contributed by atoms with van der Waals surface area (Å²) in [6.07, 6.45) is -1.14. The van der Waals surface area contributed by atoms with Crippen molar-refractivity contribution in [1.29, 1.82) is 0 Å². The number of aliphatic hydroxyl groups is 2. The van der Waals surface area contributed by atoms with Crippen LogP contribution in [-0.2, 0) is 22.8 Å². The summed E-state index contributed by atoms with van der Waals surface area (Å²) in [4.78, 5) is 11.3. The first kappa shape index (κ1) is 22.5. The fourth-order valence-electron chi connectivity index (χ4n) is 1.97. The van der Waals surface area contributed by atoms with Crippen LogP contribution < -0.4 is 0 Å². The Labute approximate surface area is 140 Å². The van der Waals surface area contributed by atoms with Crippen molar-refractivity contribution in [1.82, 2.24) is 0 Å². The molecule has 0 radical (unpaired) electrons. The molecule has 1 atom stereocenters. The van der Waals surface area contributed by atoms with Gasteiger partial charge in [-0.3, -0.25) is 0 Å². The highest BCUT2D eigenvalue weighted by Crippen LogP contribution is 2.23. The first-order valence-corrected chi connectivity index (χ1v) is 10.0. The van der Waals surface area contributed by atoms with Crippen molar-refractivity contribution in [3.05, 3.63) is 0 Å². The zero-order chi connectivity index (χ0) is 18.0. The molecular formula is C15H32O7Si. The Bertz CT molecular complexity index is 307. The molecule has 0 fully saturated rings. The van der Waals surface area contributed by atoms with E-state index >= 15 is 0 Å². The van der Waals surface area contributed by atoms with E-state index in [-0.39, 0.29) is 24.9 Å². The van der Waals surface area contributed by atoms with Gasteiger partial charge in [0.1, 0.15) is 0 Å². The first-order chi connectivity index (χ1) is 10.6. The van der Waals surface area contributed by atoms with E-state index < -0.39 is 27.5 Å². The molecule has 0 spiro atoms. The number of hydrogen-bond donors (Lipinski definition) is 2. The molecule has 1 unspecified atom stereocenters. The van der Waals surface area contributed by atoms with Crippen molar-refractivity contribution in [2.24, 2.45) is 0 Å². The van der Waals surface area contributed by atoms with Crippen LogP contribution in [0, 0.1) is 0 Å². The SMILES string of the molecule is CC(C)O[Si](CCCOC(=O)C(O)CO)(OC(C)C)OC(C)C. The molecule has 0 aromatic heterocycles. The molecule has 0 aromatic rings. The van der Waals surface area contributed by atoms with E-state index in [0.717, 1.165) is 0 Å². The molecule has 0 saturated heterocycles. The first-order valence-electron chi connectivity index (χ1n) is 8.11. The second-order valence-electron chi connectivity index (χ2n) is 6.15. The van der Waals surface area contributed by atoms with Crippen LogP contribution in [0.15, 0.2) is 0 Å². The monoisotopic (exact) mass is 352 g/mol. The molecule has 7 nitrogen and oxygen atoms in total. The fourth-order valence-corrected chi connectivity index (χ4v) is 5.22. The number of ether oxygens (including phenoxy) is 1. The number of carbonyl (C=O) groups excluding carboxylic acids is 1. The lowest BCUT2D eigenvalue weighted by atomic mass is 10.4. The minimum absolute atomic E-state index is 0.0436. The Morgan fingerprint density at radius 3 is 1.74 bits per heavy atom. The molecule has 138 valence electrons. The molecule has 0 aliphatic carbocycles. The normalized spacial score (nSPS) is 13.9. The molecule has 0 bridgehead atoms. The summed E-state index contributed by atoms with van der Waals surface area (Å²) >= 11 is 0. The van der Waals surface area contributed by atoms with Gasteiger partial charge >= 0.3 is 14.8 Å². The summed E-state index contributed by atoms with van der Waals surface area (Å²) in [5.74, 6) is -0.834. The molecule has 0 heterocycles. The summed E-state index contributed by atoms with van der Waals surface area (Å²) in [5, 5.41) is 17.8. The van der Waals surface area contributed by atoms with E-state index in [9.17, 15) is 4.79 Å². The average Bonchev–Trinajstić information content (AvgIpc) is 2.39. The molecule has 0 amide bonds. The molecule has 8 heteroatoms. The Balaban J connectivity index is 4.69. The second-order valence-corrected chi connectivity index (χ2v) is 8.73. The zero-order valence-corrected chi connectivity index (χ0v) is 16.1. The van der Waals surface area contributed by atoms with Gasteiger partial charge in [-0.15, -0.1) is 0 Å². The molecule has 0 rings (SSSR count). The smallest absolute Gasteiger partial charge is 0.464 e. The van der Waals surface area contributed by atoms with Crippen molar-refractivity contribution in [3.8, 4) is 0 Å². The summed E-state index contributed by atoms with van der Waals surface area (Å²) in [6.45, 7) is 11.0. The highest BCUT2D eigenvalue weighted by atomic mass is 28.4. The van der Waals surface area contributed by atoms with Crippen LogP contribution >= 0.6 is 0 Å². The third-order valence-corrected chi connectivity index (χ3v) is 6.02. The average molecular weight is 353 g/mol. The molecule has 0 aliphatic rings. The van der Waals surface area contributed by atoms with Crippen molar-refractivity contribution >= 4 is 14.8 Å². The van der Waals surface area contributed by atoms with Gasteiger partial charge in [0.2, 0.25) is 0 Å². The van der Waals surface area contributed by atoms with Crippen LogP contribution in [0.25, 0.3) is 0 Å². The Morgan fingerprint density at radius 2 is 1.39 bits per heavy atom. The van der Waals surface area contributed by atoms with Crippen molar-refractivity contribution in [2.75, 3.05) is 13.2 Å². The van der Waals surface area contributed by atoms with E-state index in [0.29, 0.717) is 12.5 Å². The van der Waals surface area contributed by atoms with Gasteiger partial charge in [-0.2, -0.15) is 0 Å². The minimum atomic E-state index is -2.90. The fraction of sp³-hybridized carbons (Fsp3) is 0.933. The summed E-state index contributed by atoms with van der Waals surface area (Å²) in [5.41, 5.74) is 0. The van der Waals surface area contributed by atoms with Crippen molar-refractivity contribution in [3.63, 3.8) is 0 Å². The lowest BCUT2D eigenvalue weighted by molar-refractivity contribution is -0.155. The van der Waals surface area contributed by atoms with Crippen molar-refractivity contribution < 1.29 is 33.0 Å². The van der Waals surface area contributed by atoms with Crippen LogP contribution in [0.1, 0.15) is 48.0 Å². The largest absolute Gasteiger partial charge is 0.501 e. The summed E-state index contributed by atoms with van der Waals surface area (Å²) < 4.78 is 22.9. The molecule has 0 saturated carbocycles. The van der Waals surface area contributed by atoms with Gasteiger partial charge in [-0.25, -0.2) is 4.79 Å². The Kier molecular flexibility index (Phi) is 10.9. The van der Waals surface area contributed by atoms with Crippen LogP contribution in [0.5, 0.6) is 0 Å². The Hall–Kier alpha value is -0.513. The van der Waals surface area contributed by atoms with Gasteiger partial charge in [-0.1, -0.05) is 0 Å². The number of esters is 1. The van der Waals surface area contributed by atoms with Gasteiger partial charge in [0.15, 0.2) is 6.10 Å². The second kappa shape index (κ2) is 11.1. The molecule has 2 N–H and O–H groups in total. The number of hydrogen-bond acceptors (Lipinski definition) is 7. The maximum absolute atomic E-state index is 11.3. The van der Waals surface area contributed by atoms with E-state index in [4.69, 9.17) is 28.2 Å². The highest BCUT2D eigenvalue weighted by Gasteiger charge is 2.43. The third-order valence-electron chi connectivity index (χ3n) is 2.56. The van der Waals surface area contributed by atoms with Gasteiger partial charge in [0, 0.05) is 24.4 Å². The quantitative estimate of drug-likeness (QED) is 0.312. The predicted molar refractivity (Wildman–Crippen MR) is 87.9 cm³/mol. The van der Waals surface area contributed by atoms with Crippen LogP contribution in [0.2, 0.25) is 6.04 Å². The van der Waals surface area contributed by atoms with Crippen LogP contribution in [0.4, 0.5) is 0 Å². The van der Waals surface area contributed by atoms with E-state index in [1.807, 2.05) is 41.5 Å². The maximum Gasteiger partial charge on any atom is 0.501 e. The summed E-state index contributed by atoms with van der Waals surface area (Å²) in [6, 6.07) is 0.504. The zero-order valence-electron chi connectivity index (χ0n) is 15.1. The number of rotatable bonds is 12. The Morgan fingerprint density at radius 1 is 0.957 bits per heavy atom. The van der Waals surface area contributed by atoms with Gasteiger partial charge in [0.05, 0.1) is 13.2 Å². The highest BCUT2D eigenvalue weighted by molar-refractivity contribution is 6.60. The standard InChI is InChI=1S/C15H32O7Si/c1-11(2)20-23(21-12(3)4,22-13(5)6)9-7-8-19-15(18)14(17)10-16/h11-14,16-17H,7-10H2,1-6H3. The molecule has 0 aliphatic heterocycles. The van der Waals surface area contributed by atoms with Gasteiger partial charge in [0.25, 0.3) is 0 Å². The lowest BCUT2D eigenvalue weighted by Crippen LogP contribution is -2.50. The lowest BCUT2D eigenvalue weighted by Gasteiger charge is -2.34. The van der Waals surface area contributed by atoms with Crippen molar-refractivity contribution in [2.45, 2.75) is 78.4 Å². The maximum atomic E-state index is 11.3. The molecule has 0 aromatic carbocycles. The van der Waals surface area contributed by atoms with E-state index in [1.54, 1.807) is 0 Å². The topological polar surface area (TPSA) is 94.5 Å². The van der Waals surface area contributed by atoms with Gasteiger partial charge in [-0.05, 0) is 48.0 Å². The molecular weight excluding hydrogens is 320 g/mol. The third kappa shape index (κ3) is 10.1. The van der Waals surface area contributed by atoms with Gasteiger partial charge < -0.3 is 28.2 Å². The van der Waals surface area contributed by atoms with Crippen LogP contribution in [0.3, 0.4) is 0 Å². The minimum Gasteiger partial charge on any atom is -0.464 e. The molecule has 23 heavy (non-hydrogen) atoms. The number of carbonyl (C=O) groups is 1. The summed E-state index contributed by atoms with van der Waals surface area (Å²) in [7, 11) is -2.90. The van der Waals surface area contributed by atoms with E-state index in [2.05, 4.69) is 0 Å².